The molecule has 0 aromatic carbocycles. The summed E-state index contributed by atoms with van der Waals surface area (Å²) in [5.41, 5.74) is 0. The molecule has 0 saturated heterocycles. The lowest BCUT2D eigenvalue weighted by atomic mass is 10.2. The minimum Gasteiger partial charge on any atom is -0.812 e. The highest BCUT2D eigenvalue weighted by Gasteiger charge is 2.16. The summed E-state index contributed by atoms with van der Waals surface area (Å²) >= 11 is 8.94. The van der Waals surface area contributed by atoms with Gasteiger partial charge < -0.3 is 34.2 Å². The maximum atomic E-state index is 8.09. The molecule has 0 radical (unpaired) electrons. The minimum absolute atomic E-state index is 0.676. The largest absolute Gasteiger partial charge is 0.812 e. The molecule has 4 nitrogen and oxygen atoms in total. The Hall–Kier alpha value is -0.400. The Balaban J connectivity index is -0.000000306. The molecule has 0 bridgehead atoms. The second kappa shape index (κ2) is 18.0. The van der Waals surface area contributed by atoms with E-state index in [-0.39, 0.29) is 0 Å². The van der Waals surface area contributed by atoms with E-state index in [1.165, 1.54) is 61.3 Å². The number of quaternary nitrogens is 2. The van der Waals surface area contributed by atoms with Gasteiger partial charge >= 0.3 is 0 Å². The quantitative estimate of drug-likeness (QED) is 0.434. The van der Waals surface area contributed by atoms with Crippen LogP contribution < -0.4 is 0 Å². The molecular formula is C20H42N4S2. The van der Waals surface area contributed by atoms with Gasteiger partial charge in [0.25, 0.3) is 0 Å². The predicted octanol–water partition coefficient (Wildman–Crippen LogP) is 3.84. The average Bonchev–Trinajstić information content (AvgIpc) is 2.68. The topological polar surface area (TPSA) is 47.6 Å². The van der Waals surface area contributed by atoms with Crippen molar-refractivity contribution >= 4 is 25.3 Å². The van der Waals surface area contributed by atoms with Crippen molar-refractivity contribution in [3.05, 3.63) is 0 Å². The number of nitriles is 2. The van der Waals surface area contributed by atoms with Crippen LogP contribution in [-0.2, 0) is 25.3 Å². The van der Waals surface area contributed by atoms with Gasteiger partial charge in [0, 0.05) is 0 Å². The number of hydrogen-bond acceptors (Lipinski definition) is 4. The van der Waals surface area contributed by atoms with Crippen LogP contribution >= 0.6 is 0 Å². The molecule has 0 aliphatic heterocycles. The standard InChI is InChI=1S/2C8H20N.C4H4N2S2/c2*1-5-9(6-2,7-3)8-4;5-1-3(2-6)4(7)8/h2*5-8H2,1-4H3;3-4,7-8H/q2*+1;/p-2. The van der Waals surface area contributed by atoms with Crippen LogP contribution in [0.5, 0.6) is 0 Å². The van der Waals surface area contributed by atoms with Crippen molar-refractivity contribution in [2.45, 2.75) is 60.0 Å². The lowest BCUT2D eigenvalue weighted by Gasteiger charge is -2.34. The third-order valence-electron chi connectivity index (χ3n) is 5.92. The van der Waals surface area contributed by atoms with Gasteiger partial charge in [-0.15, -0.1) is 0 Å². The van der Waals surface area contributed by atoms with Gasteiger partial charge in [-0.1, -0.05) is 0 Å². The Labute approximate surface area is 175 Å². The van der Waals surface area contributed by atoms with Crippen molar-refractivity contribution < 1.29 is 8.97 Å². The maximum Gasteiger partial charge on any atom is 0.0930 e. The number of nitrogens with zero attached hydrogens (tertiary/aromatic N) is 4. The van der Waals surface area contributed by atoms with Gasteiger partial charge in [0.05, 0.1) is 70.4 Å². The maximum absolute atomic E-state index is 8.09. The summed E-state index contributed by atoms with van der Waals surface area (Å²) in [6.07, 6.45) is 0. The van der Waals surface area contributed by atoms with Crippen molar-refractivity contribution in [3.8, 4) is 12.1 Å². The second-order valence-electron chi connectivity index (χ2n) is 6.32. The molecule has 0 aliphatic carbocycles. The van der Waals surface area contributed by atoms with Gasteiger partial charge in [-0.05, 0) is 55.4 Å². The third-order valence-corrected chi connectivity index (χ3v) is 6.46. The van der Waals surface area contributed by atoms with E-state index in [9.17, 15) is 0 Å². The molecule has 0 aromatic heterocycles. The molecule has 0 rings (SSSR count). The Morgan fingerprint density at radius 2 is 0.769 bits per heavy atom. The first-order valence-corrected chi connectivity index (χ1v) is 11.0. The fraction of sp³-hybridized carbons (Fsp3) is 0.900. The summed E-state index contributed by atoms with van der Waals surface area (Å²) in [6.45, 7) is 28.4. The van der Waals surface area contributed by atoms with E-state index in [4.69, 9.17) is 10.5 Å². The normalized spacial score (nSPS) is 11.0. The zero-order valence-electron chi connectivity index (χ0n) is 18.4. The Morgan fingerprint density at radius 1 is 0.577 bits per heavy atom. The van der Waals surface area contributed by atoms with Crippen molar-refractivity contribution in [1.29, 1.82) is 10.5 Å². The summed E-state index contributed by atoms with van der Waals surface area (Å²) < 4.78 is 1.88. The van der Waals surface area contributed by atoms with Crippen LogP contribution in [0.4, 0.5) is 0 Å². The summed E-state index contributed by atoms with van der Waals surface area (Å²) in [7, 11) is 0. The van der Waals surface area contributed by atoms with Crippen LogP contribution in [0.2, 0.25) is 0 Å². The van der Waals surface area contributed by atoms with Gasteiger partial charge in [0.1, 0.15) is 0 Å². The average molecular weight is 403 g/mol. The Kier molecular flexibility index (Phi) is 21.0. The van der Waals surface area contributed by atoms with E-state index < -0.39 is 10.5 Å². The van der Waals surface area contributed by atoms with E-state index in [0.29, 0.717) is 0 Å². The van der Waals surface area contributed by atoms with E-state index in [0.717, 1.165) is 0 Å². The highest BCUT2D eigenvalue weighted by atomic mass is 32.2. The monoisotopic (exact) mass is 402 g/mol. The third kappa shape index (κ3) is 12.1. The molecule has 0 atom stereocenters. The van der Waals surface area contributed by atoms with Gasteiger partial charge in [0.15, 0.2) is 0 Å². The van der Waals surface area contributed by atoms with E-state index >= 15 is 0 Å². The zero-order valence-corrected chi connectivity index (χ0v) is 20.0. The van der Waals surface area contributed by atoms with E-state index in [1.54, 1.807) is 12.1 Å². The van der Waals surface area contributed by atoms with Crippen LogP contribution in [0.15, 0.2) is 0 Å². The summed E-state index contributed by atoms with van der Waals surface area (Å²) in [5.74, 6) is -0.806. The SMILES string of the molecule is CC[N+](CC)(CC)CC.CC[N+](CC)(CC)CC.N#CC(C#N)C([S-])[S-]. The van der Waals surface area contributed by atoms with Crippen LogP contribution in [0, 0.1) is 28.6 Å². The molecule has 0 spiro atoms. The van der Waals surface area contributed by atoms with Crippen molar-refractivity contribution in [1.82, 2.24) is 0 Å². The predicted molar refractivity (Wildman–Crippen MR) is 118 cm³/mol. The number of rotatable bonds is 9. The second-order valence-corrected chi connectivity index (χ2v) is 7.63. The molecule has 0 unspecified atom stereocenters. The summed E-state index contributed by atoms with van der Waals surface area (Å²) in [6, 6.07) is 3.36. The molecule has 154 valence electrons. The zero-order chi connectivity index (χ0) is 21.2. The molecule has 26 heavy (non-hydrogen) atoms. The first-order valence-electron chi connectivity index (χ1n) is 10.0. The van der Waals surface area contributed by atoms with Crippen molar-refractivity contribution in [2.24, 2.45) is 5.92 Å². The molecule has 0 amide bonds. The molecule has 0 aromatic rings. The lowest BCUT2D eigenvalue weighted by molar-refractivity contribution is -0.921. The van der Waals surface area contributed by atoms with Crippen molar-refractivity contribution in [3.63, 3.8) is 0 Å². The number of hydrogen-bond donors (Lipinski definition) is 0. The van der Waals surface area contributed by atoms with E-state index in [2.05, 4.69) is 80.6 Å². The highest BCUT2D eigenvalue weighted by molar-refractivity contribution is 7.78. The fourth-order valence-electron chi connectivity index (χ4n) is 2.83. The van der Waals surface area contributed by atoms with Crippen LogP contribution in [-0.4, -0.2) is 65.9 Å². The molecule has 0 N–H and O–H groups in total. The van der Waals surface area contributed by atoms with Gasteiger partial charge in [-0.25, -0.2) is 0 Å². The fourth-order valence-corrected chi connectivity index (χ4v) is 3.08. The molecule has 0 fully saturated rings. The summed E-state index contributed by atoms with van der Waals surface area (Å²) in [5, 5.41) is 16.2. The molecule has 0 saturated carbocycles. The summed E-state index contributed by atoms with van der Waals surface area (Å²) in [4.78, 5) is 0. The van der Waals surface area contributed by atoms with Gasteiger partial charge in [-0.2, -0.15) is 10.5 Å². The van der Waals surface area contributed by atoms with Gasteiger partial charge in [0.2, 0.25) is 0 Å². The van der Waals surface area contributed by atoms with Crippen LogP contribution in [0.1, 0.15) is 55.4 Å². The minimum atomic E-state index is -0.806. The Bertz CT molecular complexity index is 323. The smallest absolute Gasteiger partial charge is 0.0930 e. The van der Waals surface area contributed by atoms with Crippen LogP contribution in [0.3, 0.4) is 0 Å². The lowest BCUT2D eigenvalue weighted by Crippen LogP contribution is -2.47. The molecule has 0 heterocycles. The molecule has 0 aliphatic rings. The first kappa shape index (κ1) is 30.3. The van der Waals surface area contributed by atoms with Gasteiger partial charge in [-0.3, -0.25) is 4.58 Å². The Morgan fingerprint density at radius 3 is 0.769 bits per heavy atom. The van der Waals surface area contributed by atoms with Crippen LogP contribution in [0.25, 0.3) is 0 Å². The first-order chi connectivity index (χ1) is 12.2. The van der Waals surface area contributed by atoms with Crippen molar-refractivity contribution in [2.75, 3.05) is 52.4 Å². The molecular weight excluding hydrogens is 360 g/mol. The molecule has 6 heteroatoms. The van der Waals surface area contributed by atoms with E-state index in [1.807, 2.05) is 0 Å². The highest BCUT2D eigenvalue weighted by Crippen LogP contribution is 2.04.